The van der Waals surface area contributed by atoms with Gasteiger partial charge in [0.25, 0.3) is 0 Å². The molecule has 0 spiro atoms. The molecule has 1 heterocycles. The van der Waals surface area contributed by atoms with Gasteiger partial charge in [-0.1, -0.05) is 20.8 Å². The summed E-state index contributed by atoms with van der Waals surface area (Å²) in [4.78, 5) is 0. The summed E-state index contributed by atoms with van der Waals surface area (Å²) < 4.78 is 18.6. The van der Waals surface area contributed by atoms with Crippen molar-refractivity contribution in [1.29, 1.82) is 0 Å². The summed E-state index contributed by atoms with van der Waals surface area (Å²) in [6.07, 6.45) is -2.25. The third kappa shape index (κ3) is 1.62. The fraction of sp³-hybridized carbons (Fsp3) is 1.00. The number of alkyl halides is 1. The molecule has 72 valence electrons. The molecular formula is C9H17FO2. The lowest BCUT2D eigenvalue weighted by molar-refractivity contribution is -0.0175. The molecule has 1 fully saturated rings. The second kappa shape index (κ2) is 3.71. The highest BCUT2D eigenvalue weighted by Gasteiger charge is 2.44. The number of rotatable bonds is 2. The first kappa shape index (κ1) is 9.93. The van der Waals surface area contributed by atoms with Crippen molar-refractivity contribution >= 4 is 0 Å². The van der Waals surface area contributed by atoms with Crippen molar-refractivity contribution in [2.24, 2.45) is 5.92 Å². The number of ether oxygens (including phenoxy) is 1. The van der Waals surface area contributed by atoms with E-state index in [1.54, 1.807) is 0 Å². The van der Waals surface area contributed by atoms with Crippen molar-refractivity contribution in [2.75, 3.05) is 0 Å². The monoisotopic (exact) mass is 176 g/mol. The third-order valence-corrected chi connectivity index (χ3v) is 2.41. The summed E-state index contributed by atoms with van der Waals surface area (Å²) in [6, 6.07) is 0. The van der Waals surface area contributed by atoms with Gasteiger partial charge in [0.2, 0.25) is 0 Å². The maximum atomic E-state index is 13.2. The Bertz CT molecular complexity index is 149. The van der Waals surface area contributed by atoms with Crippen molar-refractivity contribution in [1.82, 2.24) is 0 Å². The number of halogens is 1. The van der Waals surface area contributed by atoms with Crippen LogP contribution in [0.15, 0.2) is 0 Å². The van der Waals surface area contributed by atoms with Gasteiger partial charge in [0.1, 0.15) is 6.10 Å². The van der Waals surface area contributed by atoms with Gasteiger partial charge < -0.3 is 9.84 Å². The first-order valence-electron chi connectivity index (χ1n) is 4.55. The summed E-state index contributed by atoms with van der Waals surface area (Å²) in [5, 5.41) is 9.43. The van der Waals surface area contributed by atoms with Gasteiger partial charge in [0.05, 0.1) is 12.2 Å². The maximum absolute atomic E-state index is 13.2. The van der Waals surface area contributed by atoms with Crippen LogP contribution in [-0.2, 0) is 4.74 Å². The summed E-state index contributed by atoms with van der Waals surface area (Å²) in [7, 11) is 0. The molecule has 1 aliphatic heterocycles. The van der Waals surface area contributed by atoms with Crippen LogP contribution in [0.2, 0.25) is 0 Å². The summed E-state index contributed by atoms with van der Waals surface area (Å²) in [6.45, 7) is 5.73. The van der Waals surface area contributed by atoms with Crippen molar-refractivity contribution in [3.8, 4) is 0 Å². The van der Waals surface area contributed by atoms with Crippen LogP contribution in [0.4, 0.5) is 4.39 Å². The Morgan fingerprint density at radius 1 is 1.50 bits per heavy atom. The quantitative estimate of drug-likeness (QED) is 0.691. The van der Waals surface area contributed by atoms with Gasteiger partial charge >= 0.3 is 0 Å². The highest BCUT2D eigenvalue weighted by Crippen LogP contribution is 2.29. The minimum absolute atomic E-state index is 0.176. The fourth-order valence-corrected chi connectivity index (χ4v) is 1.63. The number of aliphatic hydroxyl groups excluding tert-OH is 1. The molecule has 3 heteroatoms. The Kier molecular flexibility index (Phi) is 3.07. The molecule has 0 amide bonds. The van der Waals surface area contributed by atoms with E-state index in [-0.39, 0.29) is 12.0 Å². The molecule has 0 aromatic heterocycles. The number of aliphatic hydroxyl groups is 1. The average molecular weight is 176 g/mol. The molecule has 12 heavy (non-hydrogen) atoms. The molecule has 1 saturated heterocycles. The molecule has 1 N–H and O–H groups in total. The zero-order valence-corrected chi connectivity index (χ0v) is 7.83. The van der Waals surface area contributed by atoms with Gasteiger partial charge in [-0.05, 0) is 12.3 Å². The molecule has 1 aliphatic rings. The SMILES string of the molecule is CC[C@@H]1O[C@H](C(C)C)[C@@H](O)[C@@H]1F. The van der Waals surface area contributed by atoms with Crippen LogP contribution in [0.3, 0.4) is 0 Å². The van der Waals surface area contributed by atoms with Gasteiger partial charge in [0, 0.05) is 0 Å². The minimum atomic E-state index is -1.21. The minimum Gasteiger partial charge on any atom is -0.387 e. The Morgan fingerprint density at radius 3 is 2.33 bits per heavy atom. The Labute approximate surface area is 72.7 Å². The Hall–Kier alpha value is -0.150. The lowest BCUT2D eigenvalue weighted by Gasteiger charge is -2.17. The first-order valence-corrected chi connectivity index (χ1v) is 4.55. The molecule has 0 radical (unpaired) electrons. The van der Waals surface area contributed by atoms with Gasteiger partial charge in [-0.2, -0.15) is 0 Å². The lowest BCUT2D eigenvalue weighted by atomic mass is 10.00. The molecule has 1 rings (SSSR count). The van der Waals surface area contributed by atoms with E-state index in [1.165, 1.54) is 0 Å². The molecule has 0 saturated carbocycles. The molecule has 0 aromatic carbocycles. The van der Waals surface area contributed by atoms with Crippen LogP contribution in [0, 0.1) is 5.92 Å². The van der Waals surface area contributed by atoms with Gasteiger partial charge in [-0.25, -0.2) is 4.39 Å². The topological polar surface area (TPSA) is 29.5 Å². The van der Waals surface area contributed by atoms with Crippen LogP contribution in [0.1, 0.15) is 27.2 Å². The Morgan fingerprint density at radius 2 is 2.08 bits per heavy atom. The van der Waals surface area contributed by atoms with Gasteiger partial charge in [0.15, 0.2) is 6.17 Å². The fourth-order valence-electron chi connectivity index (χ4n) is 1.63. The molecule has 0 aliphatic carbocycles. The van der Waals surface area contributed by atoms with Crippen LogP contribution < -0.4 is 0 Å². The maximum Gasteiger partial charge on any atom is 0.154 e. The lowest BCUT2D eigenvalue weighted by Crippen LogP contribution is -2.31. The third-order valence-electron chi connectivity index (χ3n) is 2.41. The second-order valence-corrected chi connectivity index (χ2v) is 3.73. The molecule has 2 nitrogen and oxygen atoms in total. The van der Waals surface area contributed by atoms with Crippen LogP contribution in [0.25, 0.3) is 0 Å². The average Bonchev–Trinajstić information content (AvgIpc) is 2.30. The highest BCUT2D eigenvalue weighted by atomic mass is 19.1. The van der Waals surface area contributed by atoms with E-state index < -0.39 is 18.4 Å². The highest BCUT2D eigenvalue weighted by molar-refractivity contribution is 4.91. The van der Waals surface area contributed by atoms with E-state index >= 15 is 0 Å². The van der Waals surface area contributed by atoms with Crippen LogP contribution >= 0.6 is 0 Å². The molecule has 4 atom stereocenters. The van der Waals surface area contributed by atoms with Gasteiger partial charge in [-0.15, -0.1) is 0 Å². The molecule has 0 aromatic rings. The van der Waals surface area contributed by atoms with E-state index in [0.717, 1.165) is 0 Å². The van der Waals surface area contributed by atoms with E-state index in [2.05, 4.69) is 0 Å². The zero-order valence-electron chi connectivity index (χ0n) is 7.83. The largest absolute Gasteiger partial charge is 0.387 e. The van der Waals surface area contributed by atoms with Crippen molar-refractivity contribution in [2.45, 2.75) is 51.7 Å². The van der Waals surface area contributed by atoms with E-state index in [0.29, 0.717) is 6.42 Å². The zero-order chi connectivity index (χ0) is 9.30. The van der Waals surface area contributed by atoms with Crippen LogP contribution in [0.5, 0.6) is 0 Å². The van der Waals surface area contributed by atoms with Crippen molar-refractivity contribution in [3.63, 3.8) is 0 Å². The summed E-state index contributed by atoms with van der Waals surface area (Å²) in [5.41, 5.74) is 0. The molecule has 0 bridgehead atoms. The molecular weight excluding hydrogens is 159 g/mol. The first-order chi connectivity index (χ1) is 5.57. The number of hydrogen-bond donors (Lipinski definition) is 1. The van der Waals surface area contributed by atoms with E-state index in [4.69, 9.17) is 4.74 Å². The van der Waals surface area contributed by atoms with E-state index in [1.807, 2.05) is 20.8 Å². The predicted octanol–water partition coefficient (Wildman–Crippen LogP) is 1.52. The summed E-state index contributed by atoms with van der Waals surface area (Å²) in [5.74, 6) is 0.176. The Balaban J connectivity index is 2.60. The predicted molar refractivity (Wildman–Crippen MR) is 44.7 cm³/mol. The van der Waals surface area contributed by atoms with Crippen LogP contribution in [-0.4, -0.2) is 29.6 Å². The standard InChI is InChI=1S/C9H17FO2/c1-4-6-7(10)8(11)9(12-6)5(2)3/h5-9,11H,4H2,1-3H3/t6-,7+,8-,9+/m0/s1. The summed E-state index contributed by atoms with van der Waals surface area (Å²) >= 11 is 0. The van der Waals surface area contributed by atoms with E-state index in [9.17, 15) is 9.50 Å². The van der Waals surface area contributed by atoms with Gasteiger partial charge in [-0.3, -0.25) is 0 Å². The molecule has 0 unspecified atom stereocenters. The second-order valence-electron chi connectivity index (χ2n) is 3.73. The van der Waals surface area contributed by atoms with Crippen molar-refractivity contribution < 1.29 is 14.2 Å². The van der Waals surface area contributed by atoms with Crippen molar-refractivity contribution in [3.05, 3.63) is 0 Å². The smallest absolute Gasteiger partial charge is 0.154 e. The number of hydrogen-bond acceptors (Lipinski definition) is 2. The normalized spacial score (nSPS) is 42.5.